The number of hydrogen-bond acceptors (Lipinski definition) is 6. The summed E-state index contributed by atoms with van der Waals surface area (Å²) in [7, 11) is -3.66. The van der Waals surface area contributed by atoms with Crippen LogP contribution in [0.4, 0.5) is 0 Å². The van der Waals surface area contributed by atoms with Crippen molar-refractivity contribution in [1.29, 1.82) is 0 Å². The molecule has 134 valence electrons. The van der Waals surface area contributed by atoms with Crippen molar-refractivity contribution in [1.82, 2.24) is 9.21 Å². The zero-order chi connectivity index (χ0) is 17.4. The van der Waals surface area contributed by atoms with Gasteiger partial charge in [-0.2, -0.15) is 4.31 Å². The number of morpholine rings is 1. The topological polar surface area (TPSA) is 66.9 Å². The normalized spacial score (nSPS) is 19.0. The predicted molar refractivity (Wildman–Crippen MR) is 96.7 cm³/mol. The average Bonchev–Trinajstić information content (AvgIpc) is 3.30. The van der Waals surface area contributed by atoms with Gasteiger partial charge in [0.1, 0.15) is 9.77 Å². The van der Waals surface area contributed by atoms with Crippen LogP contribution in [0.15, 0.2) is 27.8 Å². The summed E-state index contributed by atoms with van der Waals surface area (Å²) in [6.07, 6.45) is 0.829. The Labute approximate surface area is 154 Å². The SMILES string of the molecule is O=C(c1sccc1S(=O)(=O)N1CCOCC1)N1CCc2sccc2C1. The lowest BCUT2D eigenvalue weighted by Gasteiger charge is -2.28. The molecular formula is C16H18N2O4S3. The minimum absolute atomic E-state index is 0.125. The Balaban J connectivity index is 1.60. The van der Waals surface area contributed by atoms with Crippen molar-refractivity contribution in [3.05, 3.63) is 38.2 Å². The van der Waals surface area contributed by atoms with Crippen LogP contribution < -0.4 is 0 Å². The Morgan fingerprint density at radius 3 is 2.64 bits per heavy atom. The number of thiophene rings is 2. The molecule has 2 aliphatic heterocycles. The number of fused-ring (bicyclic) bond motifs is 1. The fraction of sp³-hybridized carbons (Fsp3) is 0.438. The lowest BCUT2D eigenvalue weighted by molar-refractivity contribution is 0.0721. The number of nitrogens with zero attached hydrogens (tertiary/aromatic N) is 2. The quantitative estimate of drug-likeness (QED) is 0.793. The number of ether oxygens (including phenoxy) is 1. The Morgan fingerprint density at radius 2 is 1.84 bits per heavy atom. The zero-order valence-corrected chi connectivity index (χ0v) is 16.0. The van der Waals surface area contributed by atoms with Gasteiger partial charge in [0.05, 0.1) is 13.2 Å². The van der Waals surface area contributed by atoms with Gasteiger partial charge in [-0.25, -0.2) is 8.42 Å². The Bertz CT molecular complexity index is 881. The van der Waals surface area contributed by atoms with Gasteiger partial charge in [0.15, 0.2) is 0 Å². The number of sulfonamides is 1. The maximum Gasteiger partial charge on any atom is 0.265 e. The van der Waals surface area contributed by atoms with Crippen molar-refractivity contribution < 1.29 is 17.9 Å². The number of amides is 1. The third-order valence-electron chi connectivity index (χ3n) is 4.51. The molecule has 0 aliphatic carbocycles. The Hall–Kier alpha value is -1.26. The number of rotatable bonds is 3. The Morgan fingerprint density at radius 1 is 1.08 bits per heavy atom. The summed E-state index contributed by atoms with van der Waals surface area (Å²) in [4.78, 5) is 16.5. The molecule has 9 heteroatoms. The lowest BCUT2D eigenvalue weighted by Crippen LogP contribution is -2.41. The van der Waals surface area contributed by atoms with E-state index in [4.69, 9.17) is 4.74 Å². The van der Waals surface area contributed by atoms with Crippen molar-refractivity contribution >= 4 is 38.6 Å². The second-order valence-corrected chi connectivity index (χ2v) is 9.80. The molecule has 4 heterocycles. The maximum absolute atomic E-state index is 13.0. The van der Waals surface area contributed by atoms with Gasteiger partial charge in [-0.05, 0) is 34.9 Å². The molecule has 0 saturated carbocycles. The van der Waals surface area contributed by atoms with Crippen LogP contribution >= 0.6 is 22.7 Å². The van der Waals surface area contributed by atoms with Crippen LogP contribution in [-0.4, -0.2) is 56.4 Å². The first kappa shape index (κ1) is 17.2. The maximum atomic E-state index is 13.0. The molecule has 4 rings (SSSR count). The van der Waals surface area contributed by atoms with Crippen LogP contribution in [0.25, 0.3) is 0 Å². The van der Waals surface area contributed by atoms with Gasteiger partial charge in [-0.1, -0.05) is 0 Å². The predicted octanol–water partition coefficient (Wildman–Crippen LogP) is 2.03. The van der Waals surface area contributed by atoms with Gasteiger partial charge < -0.3 is 9.64 Å². The van der Waals surface area contributed by atoms with Crippen molar-refractivity contribution in [2.45, 2.75) is 17.9 Å². The van der Waals surface area contributed by atoms with Gasteiger partial charge in [0.2, 0.25) is 10.0 Å². The van der Waals surface area contributed by atoms with E-state index in [1.54, 1.807) is 27.7 Å². The summed E-state index contributed by atoms with van der Waals surface area (Å²) in [6, 6.07) is 3.59. The summed E-state index contributed by atoms with van der Waals surface area (Å²) in [5.74, 6) is -0.196. The smallest absolute Gasteiger partial charge is 0.265 e. The van der Waals surface area contributed by atoms with E-state index >= 15 is 0 Å². The third kappa shape index (κ3) is 3.15. The molecule has 0 spiro atoms. The standard InChI is InChI=1S/C16H18N2O4S3/c19-16(17-4-1-13-12(11-17)2-9-23-13)15-14(3-10-24-15)25(20,21)18-5-7-22-8-6-18/h2-3,9-10H,1,4-8,11H2. The zero-order valence-electron chi connectivity index (χ0n) is 13.5. The molecule has 0 N–H and O–H groups in total. The fourth-order valence-electron chi connectivity index (χ4n) is 3.15. The molecule has 1 amide bonds. The van der Waals surface area contributed by atoms with E-state index in [0.29, 0.717) is 44.3 Å². The number of hydrogen-bond donors (Lipinski definition) is 0. The summed E-state index contributed by atoms with van der Waals surface area (Å²) in [6.45, 7) is 2.61. The van der Waals surface area contributed by atoms with Gasteiger partial charge in [0.25, 0.3) is 5.91 Å². The fourth-order valence-corrected chi connectivity index (χ4v) is 6.81. The molecule has 0 aromatic carbocycles. The number of carbonyl (C=O) groups is 1. The molecular weight excluding hydrogens is 380 g/mol. The van der Waals surface area contributed by atoms with Gasteiger partial charge in [0, 0.05) is 31.1 Å². The molecule has 0 atom stereocenters. The van der Waals surface area contributed by atoms with Gasteiger partial charge in [-0.3, -0.25) is 4.79 Å². The lowest BCUT2D eigenvalue weighted by atomic mass is 10.1. The van der Waals surface area contributed by atoms with E-state index in [1.807, 2.05) is 11.4 Å². The van der Waals surface area contributed by atoms with E-state index in [-0.39, 0.29) is 10.8 Å². The molecule has 0 radical (unpaired) electrons. The van der Waals surface area contributed by atoms with Crippen LogP contribution in [0.5, 0.6) is 0 Å². The van der Waals surface area contributed by atoms with Crippen molar-refractivity contribution in [3.8, 4) is 0 Å². The second-order valence-electron chi connectivity index (χ2n) is 5.98. The van der Waals surface area contributed by atoms with E-state index in [0.717, 1.165) is 6.42 Å². The monoisotopic (exact) mass is 398 g/mol. The van der Waals surface area contributed by atoms with Crippen LogP contribution in [0.1, 0.15) is 20.1 Å². The first-order valence-corrected chi connectivity index (χ1v) is 11.3. The molecule has 2 aromatic rings. The first-order valence-electron chi connectivity index (χ1n) is 8.07. The highest BCUT2D eigenvalue weighted by Crippen LogP contribution is 2.30. The van der Waals surface area contributed by atoms with Crippen LogP contribution in [0.2, 0.25) is 0 Å². The van der Waals surface area contributed by atoms with Gasteiger partial charge in [-0.15, -0.1) is 22.7 Å². The minimum atomic E-state index is -3.66. The molecule has 0 bridgehead atoms. The van der Waals surface area contributed by atoms with Crippen LogP contribution in [0.3, 0.4) is 0 Å². The molecule has 1 fully saturated rings. The highest BCUT2D eigenvalue weighted by Gasteiger charge is 2.33. The van der Waals surface area contributed by atoms with Crippen LogP contribution in [0, 0.1) is 0 Å². The van der Waals surface area contributed by atoms with Crippen molar-refractivity contribution in [2.75, 3.05) is 32.8 Å². The molecule has 6 nitrogen and oxygen atoms in total. The summed E-state index contributed by atoms with van der Waals surface area (Å²) < 4.78 is 32.5. The van der Waals surface area contributed by atoms with E-state index in [1.165, 1.54) is 26.1 Å². The van der Waals surface area contributed by atoms with Crippen molar-refractivity contribution in [3.63, 3.8) is 0 Å². The van der Waals surface area contributed by atoms with E-state index in [9.17, 15) is 13.2 Å². The van der Waals surface area contributed by atoms with Crippen molar-refractivity contribution in [2.24, 2.45) is 0 Å². The van der Waals surface area contributed by atoms with E-state index in [2.05, 4.69) is 0 Å². The summed E-state index contributed by atoms with van der Waals surface area (Å²) in [5, 5.41) is 3.72. The summed E-state index contributed by atoms with van der Waals surface area (Å²) in [5.41, 5.74) is 1.17. The molecule has 2 aliphatic rings. The second kappa shape index (κ2) is 6.81. The van der Waals surface area contributed by atoms with Crippen LogP contribution in [-0.2, 0) is 27.7 Å². The summed E-state index contributed by atoms with van der Waals surface area (Å²) >= 11 is 2.91. The molecule has 25 heavy (non-hydrogen) atoms. The molecule has 1 saturated heterocycles. The molecule has 0 unspecified atom stereocenters. The van der Waals surface area contributed by atoms with E-state index < -0.39 is 10.0 Å². The third-order valence-corrected chi connectivity index (χ3v) is 8.50. The first-order chi connectivity index (χ1) is 12.1. The minimum Gasteiger partial charge on any atom is -0.379 e. The Kier molecular flexibility index (Phi) is 4.67. The number of carbonyl (C=O) groups excluding carboxylic acids is 1. The average molecular weight is 399 g/mol. The molecule has 2 aromatic heterocycles. The highest BCUT2D eigenvalue weighted by atomic mass is 32.2. The largest absolute Gasteiger partial charge is 0.379 e. The highest BCUT2D eigenvalue weighted by molar-refractivity contribution is 7.89. The van der Waals surface area contributed by atoms with Gasteiger partial charge >= 0.3 is 0 Å².